The molecule has 0 amide bonds. The molecular formula is C23H13N5O. The van der Waals surface area contributed by atoms with Gasteiger partial charge in [0.05, 0.1) is 28.5 Å². The number of nitriles is 1. The van der Waals surface area contributed by atoms with Crippen molar-refractivity contribution >= 4 is 22.1 Å². The molecule has 0 fully saturated rings. The number of H-pyrrole nitrogens is 1. The van der Waals surface area contributed by atoms with Crippen molar-refractivity contribution in [3.8, 4) is 28.6 Å². The molecule has 0 aliphatic carbocycles. The summed E-state index contributed by atoms with van der Waals surface area (Å²) in [6.45, 7) is 0. The first-order valence-corrected chi connectivity index (χ1v) is 8.98. The van der Waals surface area contributed by atoms with Gasteiger partial charge in [0.25, 0.3) is 0 Å². The van der Waals surface area contributed by atoms with E-state index < -0.39 is 0 Å². The van der Waals surface area contributed by atoms with E-state index in [4.69, 9.17) is 9.97 Å². The topological polar surface area (TPSA) is 95.3 Å². The number of pyridine rings is 2. The first-order valence-electron chi connectivity index (χ1n) is 8.98. The number of benzene rings is 2. The van der Waals surface area contributed by atoms with Gasteiger partial charge < -0.3 is 4.98 Å². The van der Waals surface area contributed by atoms with Crippen LogP contribution in [0.3, 0.4) is 0 Å². The fraction of sp³-hybridized carbons (Fsp3) is 0. The lowest BCUT2D eigenvalue weighted by Gasteiger charge is -2.11. The van der Waals surface area contributed by atoms with Crippen LogP contribution in [-0.4, -0.2) is 19.9 Å². The summed E-state index contributed by atoms with van der Waals surface area (Å²) in [6.07, 6.45) is 1.76. The molecule has 0 spiro atoms. The monoisotopic (exact) mass is 375 g/mol. The number of nitrogens with zero attached hydrogens (tertiary/aromatic N) is 4. The van der Waals surface area contributed by atoms with E-state index in [9.17, 15) is 10.1 Å². The SMILES string of the molecule is N#Cc1cccc(-c2nc3[nH]c(=O)ccc3nc2-c2ccc3ncccc3c2)c1. The zero-order valence-electron chi connectivity index (χ0n) is 15.1. The van der Waals surface area contributed by atoms with Crippen LogP contribution in [-0.2, 0) is 0 Å². The van der Waals surface area contributed by atoms with Gasteiger partial charge in [-0.15, -0.1) is 0 Å². The van der Waals surface area contributed by atoms with Gasteiger partial charge >= 0.3 is 0 Å². The minimum Gasteiger partial charge on any atom is -0.305 e. The molecule has 0 saturated heterocycles. The second-order valence-corrected chi connectivity index (χ2v) is 6.58. The fourth-order valence-electron chi connectivity index (χ4n) is 3.33. The van der Waals surface area contributed by atoms with Gasteiger partial charge in [-0.3, -0.25) is 9.78 Å². The summed E-state index contributed by atoms with van der Waals surface area (Å²) in [4.78, 5) is 28.3. The van der Waals surface area contributed by atoms with Crippen LogP contribution < -0.4 is 5.56 Å². The Bertz CT molecular complexity index is 1500. The normalized spacial score (nSPS) is 10.9. The molecule has 3 heterocycles. The molecule has 0 unspecified atom stereocenters. The average Bonchev–Trinajstić information content (AvgIpc) is 2.78. The lowest BCUT2D eigenvalue weighted by molar-refractivity contribution is 1.19. The van der Waals surface area contributed by atoms with Crippen LogP contribution in [0.2, 0.25) is 0 Å². The van der Waals surface area contributed by atoms with Gasteiger partial charge in [0.1, 0.15) is 5.52 Å². The van der Waals surface area contributed by atoms with Gasteiger partial charge in [-0.05, 0) is 36.4 Å². The van der Waals surface area contributed by atoms with Crippen LogP contribution in [0.1, 0.15) is 5.56 Å². The van der Waals surface area contributed by atoms with Crippen LogP contribution in [0.25, 0.3) is 44.6 Å². The molecule has 0 aliphatic rings. The maximum atomic E-state index is 11.8. The number of aromatic amines is 1. The van der Waals surface area contributed by atoms with E-state index in [1.165, 1.54) is 6.07 Å². The van der Waals surface area contributed by atoms with Crippen molar-refractivity contribution in [1.29, 1.82) is 5.26 Å². The second-order valence-electron chi connectivity index (χ2n) is 6.58. The lowest BCUT2D eigenvalue weighted by Crippen LogP contribution is -2.06. The zero-order chi connectivity index (χ0) is 19.8. The van der Waals surface area contributed by atoms with Crippen LogP contribution in [0.5, 0.6) is 0 Å². The Labute approximate surface area is 165 Å². The van der Waals surface area contributed by atoms with Crippen molar-refractivity contribution in [2.75, 3.05) is 0 Å². The molecule has 3 aromatic heterocycles. The standard InChI is InChI=1S/C23H13N5O/c24-13-14-3-1-4-16(11-14)22-21(26-19-8-9-20(29)27-23(19)28-22)17-6-7-18-15(12-17)5-2-10-25-18/h1-12H,(H,27,28,29). The predicted molar refractivity (Wildman–Crippen MR) is 111 cm³/mol. The fourth-order valence-corrected chi connectivity index (χ4v) is 3.33. The third-order valence-electron chi connectivity index (χ3n) is 4.70. The Morgan fingerprint density at radius 2 is 1.66 bits per heavy atom. The molecule has 1 N–H and O–H groups in total. The Hall–Kier alpha value is -4.37. The number of aromatic nitrogens is 4. The van der Waals surface area contributed by atoms with Crippen molar-refractivity contribution in [2.24, 2.45) is 0 Å². The minimum atomic E-state index is -0.243. The summed E-state index contributed by atoms with van der Waals surface area (Å²) >= 11 is 0. The summed E-state index contributed by atoms with van der Waals surface area (Å²) in [5, 5.41) is 10.3. The molecule has 2 aromatic carbocycles. The Morgan fingerprint density at radius 1 is 0.828 bits per heavy atom. The van der Waals surface area contributed by atoms with Gasteiger partial charge in [-0.25, -0.2) is 9.97 Å². The Kier molecular flexibility index (Phi) is 3.85. The van der Waals surface area contributed by atoms with Gasteiger partial charge in [-0.2, -0.15) is 5.26 Å². The van der Waals surface area contributed by atoms with E-state index in [1.54, 1.807) is 24.4 Å². The van der Waals surface area contributed by atoms with Crippen molar-refractivity contribution in [1.82, 2.24) is 19.9 Å². The minimum absolute atomic E-state index is 0.243. The summed E-state index contributed by atoms with van der Waals surface area (Å²) in [6, 6.07) is 22.2. The quantitative estimate of drug-likeness (QED) is 0.502. The van der Waals surface area contributed by atoms with Crippen molar-refractivity contribution in [2.45, 2.75) is 0 Å². The predicted octanol–water partition coefficient (Wildman–Crippen LogP) is 4.07. The zero-order valence-corrected chi connectivity index (χ0v) is 15.1. The lowest BCUT2D eigenvalue weighted by atomic mass is 10.0. The average molecular weight is 375 g/mol. The highest BCUT2D eigenvalue weighted by Crippen LogP contribution is 2.32. The maximum absolute atomic E-state index is 11.8. The van der Waals surface area contributed by atoms with E-state index in [1.807, 2.05) is 42.5 Å². The summed E-state index contributed by atoms with van der Waals surface area (Å²) in [5.41, 5.74) is 5.07. The van der Waals surface area contributed by atoms with Gasteiger partial charge in [0.15, 0.2) is 5.65 Å². The third kappa shape index (κ3) is 3.01. The molecule has 29 heavy (non-hydrogen) atoms. The number of nitrogens with one attached hydrogen (secondary N) is 1. The molecule has 5 rings (SSSR count). The van der Waals surface area contributed by atoms with Gasteiger partial charge in [0, 0.05) is 28.8 Å². The molecular weight excluding hydrogens is 362 g/mol. The van der Waals surface area contributed by atoms with E-state index in [0.29, 0.717) is 28.1 Å². The van der Waals surface area contributed by atoms with Gasteiger partial charge in [-0.1, -0.05) is 24.3 Å². The molecule has 0 aliphatic heterocycles. The van der Waals surface area contributed by atoms with Crippen LogP contribution >= 0.6 is 0 Å². The molecule has 6 nitrogen and oxygen atoms in total. The highest BCUT2D eigenvalue weighted by molar-refractivity contribution is 5.89. The van der Waals surface area contributed by atoms with E-state index in [-0.39, 0.29) is 5.56 Å². The first kappa shape index (κ1) is 16.8. The van der Waals surface area contributed by atoms with Crippen molar-refractivity contribution < 1.29 is 0 Å². The van der Waals surface area contributed by atoms with Gasteiger partial charge in [0.2, 0.25) is 5.56 Å². The van der Waals surface area contributed by atoms with Crippen molar-refractivity contribution in [3.63, 3.8) is 0 Å². The maximum Gasteiger partial charge on any atom is 0.249 e. The summed E-state index contributed by atoms with van der Waals surface area (Å²) < 4.78 is 0. The molecule has 0 atom stereocenters. The number of fused-ring (bicyclic) bond motifs is 2. The second kappa shape index (κ2) is 6.66. The smallest absolute Gasteiger partial charge is 0.249 e. The van der Waals surface area contributed by atoms with E-state index in [2.05, 4.69) is 16.0 Å². The number of rotatable bonds is 2. The molecule has 0 bridgehead atoms. The highest BCUT2D eigenvalue weighted by Gasteiger charge is 2.15. The van der Waals surface area contributed by atoms with E-state index in [0.717, 1.165) is 22.0 Å². The largest absolute Gasteiger partial charge is 0.305 e. The highest BCUT2D eigenvalue weighted by atomic mass is 16.1. The summed E-state index contributed by atoms with van der Waals surface area (Å²) in [7, 11) is 0. The Morgan fingerprint density at radius 3 is 2.55 bits per heavy atom. The molecule has 5 aromatic rings. The molecule has 0 radical (unpaired) electrons. The van der Waals surface area contributed by atoms with Crippen molar-refractivity contribution in [3.05, 3.63) is 88.8 Å². The van der Waals surface area contributed by atoms with E-state index >= 15 is 0 Å². The molecule has 0 saturated carbocycles. The van der Waals surface area contributed by atoms with Crippen LogP contribution in [0.4, 0.5) is 0 Å². The third-order valence-corrected chi connectivity index (χ3v) is 4.70. The van der Waals surface area contributed by atoms with Crippen LogP contribution in [0.15, 0.2) is 77.7 Å². The first-order chi connectivity index (χ1) is 14.2. The number of hydrogen-bond donors (Lipinski definition) is 1. The van der Waals surface area contributed by atoms with Crippen LogP contribution in [0, 0.1) is 11.3 Å². The molecule has 136 valence electrons. The molecule has 6 heteroatoms. The Balaban J connectivity index is 1.83. The number of hydrogen-bond acceptors (Lipinski definition) is 5. The summed E-state index contributed by atoms with van der Waals surface area (Å²) in [5.74, 6) is 0.